The van der Waals surface area contributed by atoms with Crippen LogP contribution in [0.3, 0.4) is 0 Å². The molecule has 1 aliphatic carbocycles. The lowest BCUT2D eigenvalue weighted by Gasteiger charge is -2.01. The van der Waals surface area contributed by atoms with Crippen molar-refractivity contribution in [2.24, 2.45) is 11.8 Å². The molecule has 0 bridgehead atoms. The predicted molar refractivity (Wildman–Crippen MR) is 58.4 cm³/mol. The van der Waals surface area contributed by atoms with Crippen LogP contribution in [0.5, 0.6) is 0 Å². The zero-order valence-electron chi connectivity index (χ0n) is 8.98. The van der Waals surface area contributed by atoms with Crippen LogP contribution in [0.4, 0.5) is 0 Å². The van der Waals surface area contributed by atoms with E-state index < -0.39 is 0 Å². The number of carbonyl (C=O) groups is 1. The number of esters is 1. The van der Waals surface area contributed by atoms with Crippen molar-refractivity contribution in [3.8, 4) is 0 Å². The highest BCUT2D eigenvalue weighted by Crippen LogP contribution is 2.41. The summed E-state index contributed by atoms with van der Waals surface area (Å²) in [5.74, 6) is 0.648. The standard InChI is InChI=1S/C13H16O2/c1-2-15-13(14)12-9-11(12)8-10-6-4-3-5-7-10/h3-7,11-12H,2,8-9H2,1H3. The predicted octanol–water partition coefficient (Wildman–Crippen LogP) is 2.43. The Morgan fingerprint density at radius 3 is 2.80 bits per heavy atom. The third-order valence-electron chi connectivity index (χ3n) is 2.85. The van der Waals surface area contributed by atoms with Crippen molar-refractivity contribution in [3.05, 3.63) is 35.9 Å². The zero-order chi connectivity index (χ0) is 10.7. The first-order valence-corrected chi connectivity index (χ1v) is 5.52. The molecule has 2 atom stereocenters. The molecule has 0 heterocycles. The Hall–Kier alpha value is -1.31. The molecule has 2 rings (SSSR count). The van der Waals surface area contributed by atoms with Gasteiger partial charge in [-0.1, -0.05) is 30.3 Å². The molecule has 1 saturated carbocycles. The molecule has 0 aliphatic heterocycles. The summed E-state index contributed by atoms with van der Waals surface area (Å²) in [7, 11) is 0. The molecule has 1 aliphatic rings. The van der Waals surface area contributed by atoms with Crippen molar-refractivity contribution >= 4 is 5.97 Å². The Kier molecular flexibility index (Phi) is 3.05. The van der Waals surface area contributed by atoms with Gasteiger partial charge in [0.15, 0.2) is 0 Å². The highest BCUT2D eigenvalue weighted by atomic mass is 16.5. The Balaban J connectivity index is 1.83. The normalized spacial score (nSPS) is 23.5. The van der Waals surface area contributed by atoms with Crippen LogP contribution in [0.25, 0.3) is 0 Å². The third kappa shape index (κ3) is 2.58. The van der Waals surface area contributed by atoms with Gasteiger partial charge < -0.3 is 4.74 Å². The molecule has 0 radical (unpaired) electrons. The molecule has 0 saturated heterocycles. The zero-order valence-corrected chi connectivity index (χ0v) is 8.98. The van der Waals surface area contributed by atoms with Gasteiger partial charge in [-0.25, -0.2) is 0 Å². The Labute approximate surface area is 90.3 Å². The molecule has 15 heavy (non-hydrogen) atoms. The first-order valence-electron chi connectivity index (χ1n) is 5.52. The van der Waals surface area contributed by atoms with E-state index in [0.29, 0.717) is 12.5 Å². The first kappa shape index (κ1) is 10.2. The third-order valence-corrected chi connectivity index (χ3v) is 2.85. The van der Waals surface area contributed by atoms with Gasteiger partial charge >= 0.3 is 5.97 Å². The summed E-state index contributed by atoms with van der Waals surface area (Å²) >= 11 is 0. The van der Waals surface area contributed by atoms with Gasteiger partial charge in [0.05, 0.1) is 12.5 Å². The van der Waals surface area contributed by atoms with Gasteiger partial charge in [0.1, 0.15) is 0 Å². The van der Waals surface area contributed by atoms with Gasteiger partial charge in [0.2, 0.25) is 0 Å². The molecular weight excluding hydrogens is 188 g/mol. The smallest absolute Gasteiger partial charge is 0.309 e. The Morgan fingerprint density at radius 2 is 2.13 bits per heavy atom. The molecule has 1 fully saturated rings. The summed E-state index contributed by atoms with van der Waals surface area (Å²) in [4.78, 5) is 11.4. The van der Waals surface area contributed by atoms with Crippen molar-refractivity contribution in [2.75, 3.05) is 6.61 Å². The van der Waals surface area contributed by atoms with Crippen LogP contribution in [-0.2, 0) is 16.0 Å². The van der Waals surface area contributed by atoms with Crippen LogP contribution >= 0.6 is 0 Å². The van der Waals surface area contributed by atoms with E-state index in [1.807, 2.05) is 25.1 Å². The van der Waals surface area contributed by atoms with E-state index in [2.05, 4.69) is 12.1 Å². The molecule has 2 nitrogen and oxygen atoms in total. The van der Waals surface area contributed by atoms with Crippen molar-refractivity contribution in [1.82, 2.24) is 0 Å². The summed E-state index contributed by atoms with van der Waals surface area (Å²) in [6.45, 7) is 2.35. The van der Waals surface area contributed by atoms with Gasteiger partial charge in [-0.3, -0.25) is 4.79 Å². The van der Waals surface area contributed by atoms with Crippen LogP contribution in [0.2, 0.25) is 0 Å². The lowest BCUT2D eigenvalue weighted by Crippen LogP contribution is -2.08. The molecule has 0 N–H and O–H groups in total. The second kappa shape index (κ2) is 4.47. The lowest BCUT2D eigenvalue weighted by atomic mass is 10.1. The molecule has 0 amide bonds. The van der Waals surface area contributed by atoms with E-state index in [1.165, 1.54) is 5.56 Å². The van der Waals surface area contributed by atoms with Crippen LogP contribution in [0.1, 0.15) is 18.9 Å². The van der Waals surface area contributed by atoms with Crippen LogP contribution in [0, 0.1) is 11.8 Å². The highest BCUT2D eigenvalue weighted by Gasteiger charge is 2.43. The average molecular weight is 204 g/mol. The molecule has 2 unspecified atom stereocenters. The number of carbonyl (C=O) groups excluding carboxylic acids is 1. The Bertz CT molecular complexity index is 332. The molecule has 2 heteroatoms. The fraction of sp³-hybridized carbons (Fsp3) is 0.462. The second-order valence-electron chi connectivity index (χ2n) is 4.04. The monoisotopic (exact) mass is 204 g/mol. The summed E-state index contributed by atoms with van der Waals surface area (Å²) in [6, 6.07) is 10.3. The fourth-order valence-corrected chi connectivity index (χ4v) is 1.93. The second-order valence-corrected chi connectivity index (χ2v) is 4.04. The average Bonchev–Trinajstić information content (AvgIpc) is 2.99. The maximum absolute atomic E-state index is 11.4. The van der Waals surface area contributed by atoms with E-state index in [9.17, 15) is 4.79 Å². The van der Waals surface area contributed by atoms with Gasteiger partial charge in [-0.2, -0.15) is 0 Å². The van der Waals surface area contributed by atoms with E-state index in [-0.39, 0.29) is 11.9 Å². The molecule has 1 aromatic carbocycles. The van der Waals surface area contributed by atoms with Gasteiger partial charge in [0.25, 0.3) is 0 Å². The van der Waals surface area contributed by atoms with Crippen molar-refractivity contribution in [2.45, 2.75) is 19.8 Å². The quantitative estimate of drug-likeness (QED) is 0.704. The Morgan fingerprint density at radius 1 is 1.40 bits per heavy atom. The maximum atomic E-state index is 11.4. The van der Waals surface area contributed by atoms with Crippen molar-refractivity contribution < 1.29 is 9.53 Å². The van der Waals surface area contributed by atoms with Crippen LogP contribution < -0.4 is 0 Å². The first-order chi connectivity index (χ1) is 7.31. The molecular formula is C13H16O2. The minimum atomic E-state index is -0.0153. The number of rotatable bonds is 4. The number of ether oxygens (including phenoxy) is 1. The molecule has 0 spiro atoms. The highest BCUT2D eigenvalue weighted by molar-refractivity contribution is 5.75. The molecule has 0 aromatic heterocycles. The lowest BCUT2D eigenvalue weighted by molar-refractivity contribution is -0.145. The van der Waals surface area contributed by atoms with E-state index in [1.54, 1.807) is 0 Å². The fourth-order valence-electron chi connectivity index (χ4n) is 1.93. The van der Waals surface area contributed by atoms with Crippen LogP contribution in [0.15, 0.2) is 30.3 Å². The molecule has 1 aromatic rings. The largest absolute Gasteiger partial charge is 0.466 e. The summed E-state index contributed by atoms with van der Waals surface area (Å²) < 4.78 is 4.99. The van der Waals surface area contributed by atoms with Gasteiger partial charge in [0, 0.05) is 0 Å². The van der Waals surface area contributed by atoms with Crippen molar-refractivity contribution in [3.63, 3.8) is 0 Å². The number of hydrogen-bond acceptors (Lipinski definition) is 2. The van der Waals surface area contributed by atoms with Crippen LogP contribution in [-0.4, -0.2) is 12.6 Å². The SMILES string of the molecule is CCOC(=O)C1CC1Cc1ccccc1. The summed E-state index contributed by atoms with van der Waals surface area (Å²) in [6.07, 6.45) is 2.00. The number of hydrogen-bond donors (Lipinski definition) is 0. The minimum absolute atomic E-state index is 0.0153. The van der Waals surface area contributed by atoms with E-state index in [4.69, 9.17) is 4.74 Å². The van der Waals surface area contributed by atoms with E-state index >= 15 is 0 Å². The van der Waals surface area contributed by atoms with Gasteiger partial charge in [-0.15, -0.1) is 0 Å². The van der Waals surface area contributed by atoms with Gasteiger partial charge in [-0.05, 0) is 31.2 Å². The van der Waals surface area contributed by atoms with E-state index in [0.717, 1.165) is 12.8 Å². The number of benzene rings is 1. The molecule has 80 valence electrons. The summed E-state index contributed by atoms with van der Waals surface area (Å²) in [5, 5.41) is 0. The maximum Gasteiger partial charge on any atom is 0.309 e. The summed E-state index contributed by atoms with van der Waals surface area (Å²) in [5.41, 5.74) is 1.31. The topological polar surface area (TPSA) is 26.3 Å². The van der Waals surface area contributed by atoms with Crippen molar-refractivity contribution in [1.29, 1.82) is 0 Å². The minimum Gasteiger partial charge on any atom is -0.466 e.